The molecule has 4 fully saturated rings. The first kappa shape index (κ1) is 12.6. The molecule has 1 aromatic rings. The van der Waals surface area contributed by atoms with Crippen LogP contribution in [0.1, 0.15) is 48.9 Å². The van der Waals surface area contributed by atoms with E-state index in [-0.39, 0.29) is 11.4 Å². The largest absolute Gasteiger partial charge is 0.347 e. The number of hydrogen-bond donors (Lipinski definition) is 1. The summed E-state index contributed by atoms with van der Waals surface area (Å²) in [5.41, 5.74) is 0.990. The lowest BCUT2D eigenvalue weighted by molar-refractivity contribution is -0.0166. The first-order valence-electron chi connectivity index (χ1n) is 7.18. The summed E-state index contributed by atoms with van der Waals surface area (Å²) in [4.78, 5) is 12.4. The van der Waals surface area contributed by atoms with Crippen LogP contribution >= 0.6 is 33.9 Å². The SMILES string of the molecule is O=C(NC12CC3CC(CC(C3)C1)C2)c1csc(I)c1. The van der Waals surface area contributed by atoms with Gasteiger partial charge in [-0.25, -0.2) is 0 Å². The van der Waals surface area contributed by atoms with Gasteiger partial charge in [0.25, 0.3) is 5.91 Å². The fourth-order valence-corrected chi connectivity index (χ4v) is 6.33. The van der Waals surface area contributed by atoms with Crippen LogP contribution in [-0.2, 0) is 0 Å². The third-order valence-corrected chi connectivity index (χ3v) is 7.04. The van der Waals surface area contributed by atoms with E-state index in [1.807, 2.05) is 11.4 Å². The van der Waals surface area contributed by atoms with E-state index < -0.39 is 0 Å². The van der Waals surface area contributed by atoms with E-state index in [0.717, 1.165) is 23.3 Å². The van der Waals surface area contributed by atoms with Crippen molar-refractivity contribution < 1.29 is 4.79 Å². The van der Waals surface area contributed by atoms with Gasteiger partial charge in [-0.3, -0.25) is 4.79 Å². The van der Waals surface area contributed by atoms with Gasteiger partial charge in [0.05, 0.1) is 8.45 Å². The lowest BCUT2D eigenvalue weighted by atomic mass is 9.53. The van der Waals surface area contributed by atoms with Crippen LogP contribution in [0.25, 0.3) is 0 Å². The van der Waals surface area contributed by atoms with Gasteiger partial charge >= 0.3 is 0 Å². The summed E-state index contributed by atoms with van der Waals surface area (Å²) in [5.74, 6) is 2.80. The molecule has 102 valence electrons. The lowest BCUT2D eigenvalue weighted by Gasteiger charge is -2.56. The Morgan fingerprint density at radius 3 is 2.26 bits per heavy atom. The molecule has 1 aromatic heterocycles. The van der Waals surface area contributed by atoms with Gasteiger partial charge in [0.2, 0.25) is 0 Å². The fourth-order valence-electron chi connectivity index (χ4n) is 5.01. The molecule has 4 heteroatoms. The number of nitrogens with one attached hydrogen (secondary N) is 1. The van der Waals surface area contributed by atoms with E-state index in [1.165, 1.54) is 41.4 Å². The number of halogens is 1. The van der Waals surface area contributed by atoms with Crippen LogP contribution < -0.4 is 5.32 Å². The second kappa shape index (κ2) is 4.45. The number of thiophene rings is 1. The Balaban J connectivity index is 1.54. The molecule has 0 atom stereocenters. The van der Waals surface area contributed by atoms with Gasteiger partial charge in [-0.05, 0) is 84.9 Å². The first-order valence-corrected chi connectivity index (χ1v) is 9.14. The second-order valence-electron chi connectivity index (χ2n) is 6.79. The molecule has 0 unspecified atom stereocenters. The van der Waals surface area contributed by atoms with Gasteiger partial charge in [0.1, 0.15) is 0 Å². The highest BCUT2D eigenvalue weighted by Crippen LogP contribution is 2.55. The van der Waals surface area contributed by atoms with Gasteiger partial charge in [-0.1, -0.05) is 0 Å². The molecule has 2 nitrogen and oxygen atoms in total. The minimum absolute atomic E-state index is 0.138. The van der Waals surface area contributed by atoms with E-state index >= 15 is 0 Å². The summed E-state index contributed by atoms with van der Waals surface area (Å²) in [6.07, 6.45) is 7.95. The van der Waals surface area contributed by atoms with Gasteiger partial charge < -0.3 is 5.32 Å². The molecule has 0 aromatic carbocycles. The van der Waals surface area contributed by atoms with Gasteiger partial charge in [0.15, 0.2) is 0 Å². The zero-order valence-corrected chi connectivity index (χ0v) is 13.8. The molecular weight excluding hydrogens is 369 g/mol. The predicted octanol–water partition coefficient (Wildman–Crippen LogP) is 4.05. The highest BCUT2D eigenvalue weighted by Gasteiger charge is 2.51. The summed E-state index contributed by atoms with van der Waals surface area (Å²) in [7, 11) is 0. The molecule has 4 bridgehead atoms. The Kier molecular flexibility index (Phi) is 2.96. The molecule has 0 spiro atoms. The highest BCUT2D eigenvalue weighted by atomic mass is 127. The van der Waals surface area contributed by atoms with Crippen molar-refractivity contribution in [3.63, 3.8) is 0 Å². The third kappa shape index (κ3) is 2.24. The van der Waals surface area contributed by atoms with E-state index in [1.54, 1.807) is 11.3 Å². The normalized spacial score (nSPS) is 39.5. The van der Waals surface area contributed by atoms with E-state index in [2.05, 4.69) is 27.9 Å². The molecule has 4 aliphatic carbocycles. The smallest absolute Gasteiger partial charge is 0.252 e. The highest BCUT2D eigenvalue weighted by molar-refractivity contribution is 14.1. The molecule has 1 amide bonds. The minimum atomic E-state index is 0.138. The first-order chi connectivity index (χ1) is 9.12. The summed E-state index contributed by atoms with van der Waals surface area (Å²) < 4.78 is 1.19. The molecule has 5 rings (SSSR count). The Bertz CT molecular complexity index is 489. The molecule has 0 aliphatic heterocycles. The zero-order valence-electron chi connectivity index (χ0n) is 10.8. The summed E-state index contributed by atoms with van der Waals surface area (Å²) in [6, 6.07) is 2.00. The fraction of sp³-hybridized carbons (Fsp3) is 0.667. The van der Waals surface area contributed by atoms with E-state index in [4.69, 9.17) is 0 Å². The van der Waals surface area contributed by atoms with E-state index in [9.17, 15) is 4.79 Å². The molecule has 19 heavy (non-hydrogen) atoms. The minimum Gasteiger partial charge on any atom is -0.347 e. The molecule has 4 aliphatic rings. The van der Waals surface area contributed by atoms with Crippen LogP contribution in [0, 0.1) is 20.6 Å². The Labute approximate surface area is 131 Å². The Morgan fingerprint density at radius 2 is 1.79 bits per heavy atom. The van der Waals surface area contributed by atoms with Crippen LogP contribution in [0.3, 0.4) is 0 Å². The maximum absolute atomic E-state index is 12.4. The van der Waals surface area contributed by atoms with Crippen molar-refractivity contribution >= 4 is 39.8 Å². The second-order valence-corrected chi connectivity index (χ2v) is 9.60. The number of carbonyl (C=O) groups excluding carboxylic acids is 1. The maximum Gasteiger partial charge on any atom is 0.252 e. The van der Waals surface area contributed by atoms with Crippen molar-refractivity contribution in [1.29, 1.82) is 0 Å². The van der Waals surface area contributed by atoms with Gasteiger partial charge in [0, 0.05) is 10.9 Å². The topological polar surface area (TPSA) is 29.1 Å². The average Bonchev–Trinajstić information content (AvgIpc) is 2.73. The standard InChI is InChI=1S/C15H18INOS/c16-13-4-12(8-19-13)14(18)17-15-5-9-1-10(6-15)3-11(2-9)7-15/h4,8-11H,1-3,5-7H2,(H,17,18). The van der Waals surface area contributed by atoms with Gasteiger partial charge in [-0.2, -0.15) is 0 Å². The third-order valence-electron chi connectivity index (χ3n) is 5.25. The molecular formula is C15H18INOS. The zero-order chi connectivity index (χ0) is 13.0. The van der Waals surface area contributed by atoms with Crippen molar-refractivity contribution in [1.82, 2.24) is 5.32 Å². The van der Waals surface area contributed by atoms with Crippen LogP contribution in [0.4, 0.5) is 0 Å². The van der Waals surface area contributed by atoms with Crippen LogP contribution in [-0.4, -0.2) is 11.4 Å². The lowest BCUT2D eigenvalue weighted by Crippen LogP contribution is -2.59. The molecule has 1 N–H and O–H groups in total. The molecule has 4 saturated carbocycles. The molecule has 0 radical (unpaired) electrons. The number of hydrogen-bond acceptors (Lipinski definition) is 2. The van der Waals surface area contributed by atoms with Crippen molar-refractivity contribution in [3.8, 4) is 0 Å². The number of carbonyl (C=O) groups is 1. The van der Waals surface area contributed by atoms with Crippen molar-refractivity contribution in [3.05, 3.63) is 19.9 Å². The van der Waals surface area contributed by atoms with Gasteiger partial charge in [-0.15, -0.1) is 11.3 Å². The van der Waals surface area contributed by atoms with Crippen molar-refractivity contribution in [2.45, 2.75) is 44.1 Å². The maximum atomic E-state index is 12.4. The number of rotatable bonds is 2. The predicted molar refractivity (Wildman–Crippen MR) is 85.4 cm³/mol. The summed E-state index contributed by atoms with van der Waals surface area (Å²) in [5, 5.41) is 5.40. The van der Waals surface area contributed by atoms with Crippen molar-refractivity contribution in [2.75, 3.05) is 0 Å². The van der Waals surface area contributed by atoms with E-state index in [0.29, 0.717) is 0 Å². The molecule has 0 saturated heterocycles. The summed E-state index contributed by atoms with van der Waals surface area (Å²) >= 11 is 3.93. The Morgan fingerprint density at radius 1 is 1.21 bits per heavy atom. The monoisotopic (exact) mass is 387 g/mol. The average molecular weight is 387 g/mol. The van der Waals surface area contributed by atoms with Crippen LogP contribution in [0.2, 0.25) is 0 Å². The molecule has 1 heterocycles. The Hall–Kier alpha value is -0.100. The van der Waals surface area contributed by atoms with Crippen LogP contribution in [0.15, 0.2) is 11.4 Å². The van der Waals surface area contributed by atoms with Crippen molar-refractivity contribution in [2.24, 2.45) is 17.8 Å². The quantitative estimate of drug-likeness (QED) is 0.763. The summed E-state index contributed by atoms with van der Waals surface area (Å²) in [6.45, 7) is 0. The number of amides is 1. The van der Waals surface area contributed by atoms with Crippen LogP contribution in [0.5, 0.6) is 0 Å².